The van der Waals surface area contributed by atoms with Gasteiger partial charge in [-0.1, -0.05) is 18.1 Å². The van der Waals surface area contributed by atoms with E-state index in [2.05, 4.69) is 23.0 Å². The molecule has 2 N–H and O–H groups in total. The normalized spacial score (nSPS) is 53.1. The SMILES string of the molecule is C[C@]12CCC3=CC4=CC(O)C(N=[N+]=[N-])C[C@]45CC[C@]3(O5)[C@@H]1CC[C@@H]2O. The second-order valence-electron chi connectivity index (χ2n) is 8.90. The molecule has 2 saturated carbocycles. The Morgan fingerprint density at radius 3 is 2.92 bits per heavy atom. The van der Waals surface area contributed by atoms with Gasteiger partial charge in [-0.05, 0) is 79.0 Å². The van der Waals surface area contributed by atoms with Crippen LogP contribution in [0.15, 0.2) is 28.4 Å². The molecule has 0 amide bonds. The van der Waals surface area contributed by atoms with Crippen molar-refractivity contribution in [2.24, 2.45) is 16.4 Å². The van der Waals surface area contributed by atoms with Gasteiger partial charge in [-0.25, -0.2) is 0 Å². The maximum Gasteiger partial charge on any atom is 0.0947 e. The Morgan fingerprint density at radius 2 is 2.12 bits per heavy atom. The molecule has 3 fully saturated rings. The van der Waals surface area contributed by atoms with Gasteiger partial charge >= 0.3 is 0 Å². The van der Waals surface area contributed by atoms with Gasteiger partial charge in [-0.3, -0.25) is 0 Å². The summed E-state index contributed by atoms with van der Waals surface area (Å²) in [6.07, 6.45) is 9.32. The molecule has 6 nitrogen and oxygen atoms in total. The number of ether oxygens (including phenoxy) is 1. The third-order valence-electron chi connectivity index (χ3n) is 7.94. The summed E-state index contributed by atoms with van der Waals surface area (Å²) in [5.41, 5.74) is 10.5. The molecule has 5 rings (SSSR count). The molecule has 2 heterocycles. The fourth-order valence-electron chi connectivity index (χ4n) is 6.58. The Hall–Kier alpha value is -1.33. The van der Waals surface area contributed by atoms with Crippen molar-refractivity contribution in [3.8, 4) is 0 Å². The van der Waals surface area contributed by atoms with Crippen LogP contribution in [-0.2, 0) is 4.74 Å². The molecule has 3 aliphatic carbocycles. The molecule has 0 aromatic rings. The van der Waals surface area contributed by atoms with Gasteiger partial charge in [-0.2, -0.15) is 0 Å². The minimum absolute atomic E-state index is 0.0670. The molecule has 134 valence electrons. The summed E-state index contributed by atoms with van der Waals surface area (Å²) in [5.74, 6) is 0.348. The molecule has 6 heteroatoms. The van der Waals surface area contributed by atoms with Crippen molar-refractivity contribution in [3.05, 3.63) is 33.7 Å². The van der Waals surface area contributed by atoms with E-state index >= 15 is 0 Å². The fourth-order valence-corrected chi connectivity index (χ4v) is 6.58. The van der Waals surface area contributed by atoms with Crippen LogP contribution in [0.1, 0.15) is 51.9 Å². The van der Waals surface area contributed by atoms with Crippen LogP contribution in [0, 0.1) is 11.3 Å². The number of nitrogens with zero attached hydrogens (tertiary/aromatic N) is 3. The second kappa shape index (κ2) is 4.89. The van der Waals surface area contributed by atoms with Crippen LogP contribution in [0.2, 0.25) is 0 Å². The highest BCUT2D eigenvalue weighted by Crippen LogP contribution is 2.67. The van der Waals surface area contributed by atoms with Crippen LogP contribution in [0.25, 0.3) is 10.4 Å². The summed E-state index contributed by atoms with van der Waals surface area (Å²) in [5, 5.41) is 24.7. The number of hydrogen-bond acceptors (Lipinski definition) is 4. The van der Waals surface area contributed by atoms with Gasteiger partial charge in [-0.15, -0.1) is 0 Å². The van der Waals surface area contributed by atoms with Crippen LogP contribution in [0.4, 0.5) is 0 Å². The molecule has 7 atom stereocenters. The molecular weight excluding hydrogens is 318 g/mol. The van der Waals surface area contributed by atoms with Gasteiger partial charge in [0, 0.05) is 4.91 Å². The minimum Gasteiger partial charge on any atom is -0.393 e. The summed E-state index contributed by atoms with van der Waals surface area (Å²) in [6, 6.07) is -0.469. The Morgan fingerprint density at radius 1 is 1.28 bits per heavy atom. The lowest BCUT2D eigenvalue weighted by Crippen LogP contribution is -2.56. The number of azide groups is 1. The Balaban J connectivity index is 1.61. The summed E-state index contributed by atoms with van der Waals surface area (Å²) < 4.78 is 6.89. The lowest BCUT2D eigenvalue weighted by Gasteiger charge is -2.55. The zero-order chi connectivity index (χ0) is 17.4. The topological polar surface area (TPSA) is 98.5 Å². The van der Waals surface area contributed by atoms with Gasteiger partial charge in [0.15, 0.2) is 0 Å². The maximum absolute atomic E-state index is 10.6. The third kappa shape index (κ3) is 1.83. The number of aliphatic hydroxyl groups excluding tert-OH is 2. The third-order valence-corrected chi connectivity index (χ3v) is 7.94. The summed E-state index contributed by atoms with van der Waals surface area (Å²) >= 11 is 0. The fraction of sp³-hybridized carbons (Fsp3) is 0.789. The van der Waals surface area contributed by atoms with Crippen LogP contribution in [0.3, 0.4) is 0 Å². The van der Waals surface area contributed by atoms with E-state index < -0.39 is 17.7 Å². The average molecular weight is 343 g/mol. The first-order chi connectivity index (χ1) is 11.9. The number of aliphatic hydroxyl groups is 2. The maximum atomic E-state index is 10.6. The molecule has 2 unspecified atom stereocenters. The van der Waals surface area contributed by atoms with Crippen molar-refractivity contribution in [2.75, 3.05) is 0 Å². The van der Waals surface area contributed by atoms with E-state index in [1.807, 2.05) is 6.08 Å². The molecule has 2 spiro atoms. The summed E-state index contributed by atoms with van der Waals surface area (Å²) in [6.45, 7) is 2.23. The number of rotatable bonds is 1. The lowest BCUT2D eigenvalue weighted by atomic mass is 9.58. The smallest absolute Gasteiger partial charge is 0.0947 e. The first-order valence-electron chi connectivity index (χ1n) is 9.47. The predicted molar refractivity (Wildman–Crippen MR) is 91.6 cm³/mol. The lowest BCUT2D eigenvalue weighted by molar-refractivity contribution is -0.153. The van der Waals surface area contributed by atoms with Crippen molar-refractivity contribution in [2.45, 2.75) is 81.3 Å². The highest BCUT2D eigenvalue weighted by Gasteiger charge is 2.67. The van der Waals surface area contributed by atoms with E-state index in [1.54, 1.807) is 0 Å². The molecule has 2 bridgehead atoms. The minimum atomic E-state index is -0.743. The molecule has 1 saturated heterocycles. The largest absolute Gasteiger partial charge is 0.393 e. The Kier molecular flexibility index (Phi) is 3.11. The van der Waals surface area contributed by atoms with Crippen molar-refractivity contribution in [1.82, 2.24) is 0 Å². The van der Waals surface area contributed by atoms with Crippen LogP contribution in [0.5, 0.6) is 0 Å². The number of fused-ring (bicyclic) bond motifs is 1. The van der Waals surface area contributed by atoms with Crippen molar-refractivity contribution >= 4 is 0 Å². The Labute approximate surface area is 147 Å². The van der Waals surface area contributed by atoms with E-state index in [0.717, 1.165) is 44.1 Å². The highest BCUT2D eigenvalue weighted by atomic mass is 16.5. The predicted octanol–water partition coefficient (Wildman–Crippen LogP) is 3.16. The van der Waals surface area contributed by atoms with E-state index in [4.69, 9.17) is 10.3 Å². The standard InChI is InChI=1S/C19H25N3O3/c1-17-5-4-11-8-12-9-14(23)13(21-22-20)10-18(12)6-7-19(11,25-18)15(17)2-3-16(17)24/h8-9,13-16,23-24H,2-7,10H2,1H3/t13?,14?,15-,16+,17+,18-,19-/m1/s1. The van der Waals surface area contributed by atoms with Crippen molar-refractivity contribution < 1.29 is 14.9 Å². The zero-order valence-corrected chi connectivity index (χ0v) is 14.6. The Bertz CT molecular complexity index is 742. The van der Waals surface area contributed by atoms with Crippen LogP contribution in [-0.4, -0.2) is 39.7 Å². The van der Waals surface area contributed by atoms with Gasteiger partial charge in [0.2, 0.25) is 0 Å². The first-order valence-corrected chi connectivity index (χ1v) is 9.47. The van der Waals surface area contributed by atoms with E-state index in [-0.39, 0.29) is 17.1 Å². The average Bonchev–Trinajstić information content (AvgIpc) is 3.06. The molecule has 0 aromatic carbocycles. The quantitative estimate of drug-likeness (QED) is 0.434. The molecule has 25 heavy (non-hydrogen) atoms. The molecular formula is C19H25N3O3. The van der Waals surface area contributed by atoms with Crippen molar-refractivity contribution in [3.63, 3.8) is 0 Å². The van der Waals surface area contributed by atoms with Crippen molar-refractivity contribution in [1.29, 1.82) is 0 Å². The highest BCUT2D eigenvalue weighted by molar-refractivity contribution is 5.47. The molecule has 0 aromatic heterocycles. The molecule has 0 radical (unpaired) electrons. The van der Waals surface area contributed by atoms with Gasteiger partial charge in [0.05, 0.1) is 29.5 Å². The molecule has 2 aliphatic heterocycles. The first kappa shape index (κ1) is 15.9. The van der Waals surface area contributed by atoms with Crippen LogP contribution < -0.4 is 0 Å². The monoisotopic (exact) mass is 343 g/mol. The molecule has 5 aliphatic rings. The van der Waals surface area contributed by atoms with E-state index in [0.29, 0.717) is 12.3 Å². The van der Waals surface area contributed by atoms with Gasteiger partial charge < -0.3 is 14.9 Å². The van der Waals surface area contributed by atoms with Crippen LogP contribution >= 0.6 is 0 Å². The summed E-state index contributed by atoms with van der Waals surface area (Å²) in [4.78, 5) is 2.91. The van der Waals surface area contributed by atoms with E-state index in [9.17, 15) is 10.2 Å². The van der Waals surface area contributed by atoms with Gasteiger partial charge in [0.25, 0.3) is 0 Å². The zero-order valence-electron chi connectivity index (χ0n) is 14.6. The number of hydrogen-bond donors (Lipinski definition) is 2. The van der Waals surface area contributed by atoms with E-state index in [1.165, 1.54) is 5.57 Å². The van der Waals surface area contributed by atoms with Gasteiger partial charge in [0.1, 0.15) is 0 Å². The summed E-state index contributed by atoms with van der Waals surface area (Å²) in [7, 11) is 0. The second-order valence-corrected chi connectivity index (χ2v) is 8.90.